The van der Waals surface area contributed by atoms with Gasteiger partial charge in [-0.25, -0.2) is 0 Å². The number of hydrogen-bond acceptors (Lipinski definition) is 13. The standard InChI is InChI=1S/C28H42O13/c1-13(29)9-21-16(4)37-24(12-36-18(6)32)27(26(21)39-20(8)34)41-28-22(10-14(2)30)25(38-19(7)33)15(3)23(40-28)11-35-17(5)31/h15-16,21-28H,9-12H2,1-8H3/t15-,16+,21?,22?,23?,24?,25-,26+,27-,28+/m1/s1. The van der Waals surface area contributed by atoms with Crippen LogP contribution in [0, 0.1) is 17.8 Å². The second-order valence-electron chi connectivity index (χ2n) is 10.8. The molecule has 0 aromatic heterocycles. The van der Waals surface area contributed by atoms with Crippen molar-refractivity contribution in [2.45, 2.75) is 111 Å². The van der Waals surface area contributed by atoms with Crippen LogP contribution in [0.2, 0.25) is 0 Å². The molecule has 2 aliphatic heterocycles. The lowest BCUT2D eigenvalue weighted by Crippen LogP contribution is -2.61. The zero-order valence-corrected chi connectivity index (χ0v) is 24.9. The minimum atomic E-state index is -1.24. The molecule has 0 aromatic carbocycles. The molecule has 13 nitrogen and oxygen atoms in total. The summed E-state index contributed by atoms with van der Waals surface area (Å²) in [4.78, 5) is 72.0. The molecule has 2 fully saturated rings. The summed E-state index contributed by atoms with van der Waals surface area (Å²) < 4.78 is 40.5. The summed E-state index contributed by atoms with van der Waals surface area (Å²) in [5.41, 5.74) is 0. The Morgan fingerprint density at radius 2 is 1.07 bits per heavy atom. The molecule has 0 spiro atoms. The minimum Gasteiger partial charge on any atom is -0.463 e. The summed E-state index contributed by atoms with van der Waals surface area (Å²) in [7, 11) is 0. The Morgan fingerprint density at radius 3 is 1.56 bits per heavy atom. The van der Waals surface area contributed by atoms with Gasteiger partial charge in [-0.15, -0.1) is 0 Å². The van der Waals surface area contributed by atoms with E-state index in [-0.39, 0.29) is 37.6 Å². The van der Waals surface area contributed by atoms with E-state index in [0.717, 1.165) is 0 Å². The van der Waals surface area contributed by atoms with E-state index in [0.29, 0.717) is 0 Å². The normalized spacial score (nSPS) is 33.3. The number of esters is 4. The van der Waals surface area contributed by atoms with Gasteiger partial charge in [0.15, 0.2) is 6.29 Å². The highest BCUT2D eigenvalue weighted by Crippen LogP contribution is 2.40. The molecule has 0 aromatic rings. The molecule has 0 bridgehead atoms. The maximum atomic E-state index is 12.3. The number of Topliss-reactive ketones (excluding diaryl/α,β-unsaturated/α-hetero) is 2. The van der Waals surface area contributed by atoms with Gasteiger partial charge < -0.3 is 42.7 Å². The van der Waals surface area contributed by atoms with Crippen molar-refractivity contribution in [1.29, 1.82) is 0 Å². The Morgan fingerprint density at radius 1 is 0.585 bits per heavy atom. The smallest absolute Gasteiger partial charge is 0.303 e. The maximum absolute atomic E-state index is 12.3. The van der Waals surface area contributed by atoms with E-state index in [9.17, 15) is 28.8 Å². The summed E-state index contributed by atoms with van der Waals surface area (Å²) >= 11 is 0. The summed E-state index contributed by atoms with van der Waals surface area (Å²) in [6, 6.07) is 0. The fraction of sp³-hybridized carbons (Fsp3) is 0.786. The van der Waals surface area contributed by atoms with Crippen LogP contribution >= 0.6 is 0 Å². The van der Waals surface area contributed by atoms with Crippen LogP contribution in [-0.2, 0) is 61.9 Å². The average molecular weight is 587 g/mol. The first-order chi connectivity index (χ1) is 19.1. The van der Waals surface area contributed by atoms with Crippen LogP contribution < -0.4 is 0 Å². The van der Waals surface area contributed by atoms with Crippen LogP contribution in [0.1, 0.15) is 68.2 Å². The molecule has 0 radical (unpaired) electrons. The Kier molecular flexibility index (Phi) is 12.9. The fourth-order valence-corrected chi connectivity index (χ4v) is 5.40. The first kappa shape index (κ1) is 34.3. The molecule has 2 rings (SSSR count). The second-order valence-corrected chi connectivity index (χ2v) is 10.8. The highest BCUT2D eigenvalue weighted by Gasteiger charge is 2.53. The first-order valence-corrected chi connectivity index (χ1v) is 13.7. The third-order valence-corrected chi connectivity index (χ3v) is 7.13. The van der Waals surface area contributed by atoms with E-state index in [1.54, 1.807) is 13.8 Å². The maximum Gasteiger partial charge on any atom is 0.303 e. The van der Waals surface area contributed by atoms with Gasteiger partial charge in [0.25, 0.3) is 0 Å². The lowest BCUT2D eigenvalue weighted by atomic mass is 9.81. The molecule has 0 saturated carbocycles. The van der Waals surface area contributed by atoms with Crippen molar-refractivity contribution < 1.29 is 61.9 Å². The van der Waals surface area contributed by atoms with E-state index in [1.807, 2.05) is 0 Å². The highest BCUT2D eigenvalue weighted by atomic mass is 16.7. The van der Waals surface area contributed by atoms with Crippen LogP contribution in [-0.4, -0.2) is 91.6 Å². The van der Waals surface area contributed by atoms with Crippen LogP contribution in [0.4, 0.5) is 0 Å². The van der Waals surface area contributed by atoms with Crippen molar-refractivity contribution in [3.05, 3.63) is 0 Å². The Balaban J connectivity index is 2.57. The number of rotatable bonds is 12. The number of ketones is 2. The first-order valence-electron chi connectivity index (χ1n) is 13.7. The average Bonchev–Trinajstić information content (AvgIpc) is 2.83. The predicted octanol–water partition coefficient (Wildman–Crippen LogP) is 1.70. The number of ether oxygens (including phenoxy) is 7. The van der Waals surface area contributed by atoms with Crippen LogP contribution in [0.3, 0.4) is 0 Å². The van der Waals surface area contributed by atoms with Crippen LogP contribution in [0.15, 0.2) is 0 Å². The zero-order valence-electron chi connectivity index (χ0n) is 24.9. The number of carbonyl (C=O) groups excluding carboxylic acids is 6. The van der Waals surface area contributed by atoms with Gasteiger partial charge in [0.2, 0.25) is 0 Å². The summed E-state index contributed by atoms with van der Waals surface area (Å²) in [5.74, 6) is -4.70. The van der Waals surface area contributed by atoms with Crippen LogP contribution in [0.5, 0.6) is 0 Å². The van der Waals surface area contributed by atoms with Gasteiger partial charge in [-0.1, -0.05) is 6.92 Å². The van der Waals surface area contributed by atoms with Crippen molar-refractivity contribution in [2.75, 3.05) is 13.2 Å². The van der Waals surface area contributed by atoms with Crippen molar-refractivity contribution >= 4 is 35.4 Å². The van der Waals surface area contributed by atoms with Gasteiger partial charge in [0, 0.05) is 52.4 Å². The molecule has 0 aliphatic carbocycles. The molecule has 2 heterocycles. The predicted molar refractivity (Wildman–Crippen MR) is 139 cm³/mol. The number of carbonyl (C=O) groups is 6. The van der Waals surface area contributed by atoms with Crippen molar-refractivity contribution in [3.63, 3.8) is 0 Å². The van der Waals surface area contributed by atoms with Gasteiger partial charge in [-0.05, 0) is 20.8 Å². The largest absolute Gasteiger partial charge is 0.463 e. The SMILES string of the molecule is CC(=O)CC1[C@H](O[C@@H]2C(COC(C)=O)O[C@@H](C)C(CC(C)=O)[C@@H]2OC(C)=O)OC(COC(C)=O)[C@@H](C)[C@H]1OC(C)=O. The van der Waals surface area contributed by atoms with Crippen LogP contribution in [0.25, 0.3) is 0 Å². The third-order valence-electron chi connectivity index (χ3n) is 7.13. The molecule has 41 heavy (non-hydrogen) atoms. The van der Waals surface area contributed by atoms with Crippen molar-refractivity contribution in [3.8, 4) is 0 Å². The Hall–Kier alpha value is -2.90. The molecule has 0 N–H and O–H groups in total. The quantitative estimate of drug-likeness (QED) is 0.240. The van der Waals surface area contributed by atoms with E-state index in [1.165, 1.54) is 41.5 Å². The third kappa shape index (κ3) is 10.2. The molecule has 2 aliphatic rings. The van der Waals surface area contributed by atoms with Crippen molar-refractivity contribution in [1.82, 2.24) is 0 Å². The fourth-order valence-electron chi connectivity index (χ4n) is 5.40. The monoisotopic (exact) mass is 586 g/mol. The van der Waals surface area contributed by atoms with E-state index < -0.39 is 84.5 Å². The van der Waals surface area contributed by atoms with Gasteiger partial charge in [0.05, 0.1) is 12.0 Å². The minimum absolute atomic E-state index is 0.00381. The molecule has 10 atom stereocenters. The van der Waals surface area contributed by atoms with E-state index in [2.05, 4.69) is 0 Å². The topological polar surface area (TPSA) is 167 Å². The second kappa shape index (κ2) is 15.4. The number of hydrogen-bond donors (Lipinski definition) is 0. The Labute approximate surface area is 239 Å². The molecule has 0 amide bonds. The zero-order chi connectivity index (χ0) is 31.0. The summed E-state index contributed by atoms with van der Waals surface area (Å²) in [5, 5.41) is 0. The lowest BCUT2D eigenvalue weighted by molar-refractivity contribution is -0.323. The molecular formula is C28H42O13. The van der Waals surface area contributed by atoms with Gasteiger partial charge in [0.1, 0.15) is 55.3 Å². The molecule has 2 saturated heterocycles. The Bertz CT molecular complexity index is 978. The van der Waals surface area contributed by atoms with E-state index >= 15 is 0 Å². The van der Waals surface area contributed by atoms with Gasteiger partial charge in [-0.2, -0.15) is 0 Å². The molecule has 232 valence electrons. The van der Waals surface area contributed by atoms with Gasteiger partial charge >= 0.3 is 23.9 Å². The van der Waals surface area contributed by atoms with E-state index in [4.69, 9.17) is 33.2 Å². The van der Waals surface area contributed by atoms with Gasteiger partial charge in [-0.3, -0.25) is 19.2 Å². The summed E-state index contributed by atoms with van der Waals surface area (Å²) in [6.45, 7) is 10.7. The van der Waals surface area contributed by atoms with Crippen molar-refractivity contribution in [2.24, 2.45) is 17.8 Å². The molecule has 4 unspecified atom stereocenters. The lowest BCUT2D eigenvalue weighted by Gasteiger charge is -2.49. The highest BCUT2D eigenvalue weighted by molar-refractivity contribution is 5.76. The molecular weight excluding hydrogens is 544 g/mol. The molecule has 13 heteroatoms. The summed E-state index contributed by atoms with van der Waals surface area (Å²) in [6.07, 6.45) is -6.70.